The van der Waals surface area contributed by atoms with Crippen LogP contribution in [-0.2, 0) is 4.74 Å². The number of methoxy groups -OCH3 is 1. The molecule has 0 atom stereocenters. The van der Waals surface area contributed by atoms with Gasteiger partial charge in [-0.05, 0) is 37.8 Å². The molecular weight excluding hydrogens is 254 g/mol. The first kappa shape index (κ1) is 14.8. The van der Waals surface area contributed by atoms with Crippen molar-refractivity contribution in [2.24, 2.45) is 0 Å². The summed E-state index contributed by atoms with van der Waals surface area (Å²) in [6.45, 7) is 3.55. The van der Waals surface area contributed by atoms with E-state index in [-0.39, 0.29) is 11.5 Å². The third kappa shape index (κ3) is 3.48. The van der Waals surface area contributed by atoms with Crippen LogP contribution in [0.25, 0.3) is 0 Å². The van der Waals surface area contributed by atoms with Crippen LogP contribution in [0.5, 0.6) is 0 Å². The second-order valence-electron chi connectivity index (χ2n) is 5.28. The molecule has 1 amide bonds. The molecule has 5 nitrogen and oxygen atoms in total. The van der Waals surface area contributed by atoms with Crippen molar-refractivity contribution in [3.8, 4) is 0 Å². The first-order valence-corrected chi connectivity index (χ1v) is 7.22. The second kappa shape index (κ2) is 6.70. The lowest BCUT2D eigenvalue weighted by Gasteiger charge is -2.40. The Labute approximate surface area is 120 Å². The Balaban J connectivity index is 1.85. The summed E-state index contributed by atoms with van der Waals surface area (Å²) in [7, 11) is 1.71. The van der Waals surface area contributed by atoms with Crippen molar-refractivity contribution in [1.82, 2.24) is 10.3 Å². The molecule has 0 unspecified atom stereocenters. The van der Waals surface area contributed by atoms with E-state index >= 15 is 0 Å². The van der Waals surface area contributed by atoms with Crippen molar-refractivity contribution in [2.75, 3.05) is 25.5 Å². The number of pyridine rings is 1. The van der Waals surface area contributed by atoms with E-state index in [0.29, 0.717) is 12.1 Å². The maximum Gasteiger partial charge on any atom is 0.252 e. The van der Waals surface area contributed by atoms with Crippen LogP contribution < -0.4 is 10.6 Å². The highest BCUT2D eigenvalue weighted by molar-refractivity contribution is 5.94. The molecule has 1 aromatic heterocycles. The Morgan fingerprint density at radius 2 is 2.25 bits per heavy atom. The molecule has 1 saturated carbocycles. The Hall–Kier alpha value is -1.62. The fourth-order valence-corrected chi connectivity index (χ4v) is 2.25. The molecule has 110 valence electrons. The SMILES string of the molecule is CCCNc1ccc(C(=O)NCC2(OC)CCC2)cn1. The van der Waals surface area contributed by atoms with Gasteiger partial charge in [0.05, 0.1) is 11.2 Å². The topological polar surface area (TPSA) is 63.2 Å². The van der Waals surface area contributed by atoms with Gasteiger partial charge < -0.3 is 15.4 Å². The molecule has 0 spiro atoms. The third-order valence-corrected chi connectivity index (χ3v) is 3.85. The molecular formula is C15H23N3O2. The molecule has 0 aromatic carbocycles. The van der Waals surface area contributed by atoms with Crippen LogP contribution in [0.4, 0.5) is 5.82 Å². The number of nitrogens with zero attached hydrogens (tertiary/aromatic N) is 1. The molecule has 1 aliphatic carbocycles. The minimum atomic E-state index is -0.147. The van der Waals surface area contributed by atoms with Crippen LogP contribution in [-0.4, -0.2) is 36.7 Å². The summed E-state index contributed by atoms with van der Waals surface area (Å²) in [4.78, 5) is 16.3. The van der Waals surface area contributed by atoms with Crippen molar-refractivity contribution >= 4 is 11.7 Å². The lowest BCUT2D eigenvalue weighted by molar-refractivity contribution is -0.0679. The zero-order valence-corrected chi connectivity index (χ0v) is 12.2. The number of carbonyl (C=O) groups is 1. The Morgan fingerprint density at radius 3 is 2.75 bits per heavy atom. The fourth-order valence-electron chi connectivity index (χ4n) is 2.25. The van der Waals surface area contributed by atoms with Crippen LogP contribution in [0.2, 0.25) is 0 Å². The van der Waals surface area contributed by atoms with Crippen LogP contribution in [0.1, 0.15) is 43.0 Å². The standard InChI is InChI=1S/C15H23N3O2/c1-3-9-16-13-6-5-12(10-17-13)14(19)18-11-15(20-2)7-4-8-15/h5-6,10H,3-4,7-9,11H2,1-2H3,(H,16,17)(H,18,19). The van der Waals surface area contributed by atoms with Crippen molar-refractivity contribution in [3.05, 3.63) is 23.9 Å². The summed E-state index contributed by atoms with van der Waals surface area (Å²) in [5.41, 5.74) is 0.434. The highest BCUT2D eigenvalue weighted by atomic mass is 16.5. The second-order valence-corrected chi connectivity index (χ2v) is 5.28. The zero-order chi connectivity index (χ0) is 14.4. The van der Waals surface area contributed by atoms with E-state index in [4.69, 9.17) is 4.74 Å². The maximum absolute atomic E-state index is 12.0. The molecule has 0 saturated heterocycles. The van der Waals surface area contributed by atoms with Crippen molar-refractivity contribution < 1.29 is 9.53 Å². The van der Waals surface area contributed by atoms with Gasteiger partial charge in [-0.1, -0.05) is 6.92 Å². The normalized spacial score (nSPS) is 16.3. The number of aromatic nitrogens is 1. The Kier molecular flexibility index (Phi) is 4.95. The van der Waals surface area contributed by atoms with E-state index in [9.17, 15) is 4.79 Å². The van der Waals surface area contributed by atoms with Gasteiger partial charge >= 0.3 is 0 Å². The molecule has 0 radical (unpaired) electrons. The monoisotopic (exact) mass is 277 g/mol. The first-order valence-electron chi connectivity index (χ1n) is 7.22. The number of hydrogen-bond donors (Lipinski definition) is 2. The molecule has 1 aliphatic rings. The van der Waals surface area contributed by atoms with Crippen LogP contribution in [0, 0.1) is 0 Å². The van der Waals surface area contributed by atoms with E-state index in [1.54, 1.807) is 19.4 Å². The van der Waals surface area contributed by atoms with Crippen molar-refractivity contribution in [3.63, 3.8) is 0 Å². The molecule has 5 heteroatoms. The Morgan fingerprint density at radius 1 is 1.45 bits per heavy atom. The Bertz CT molecular complexity index is 435. The number of ether oxygens (including phenoxy) is 1. The van der Waals surface area contributed by atoms with E-state index in [0.717, 1.165) is 31.6 Å². The number of carbonyl (C=O) groups excluding carboxylic acids is 1. The van der Waals surface area contributed by atoms with E-state index < -0.39 is 0 Å². The predicted octanol–water partition coefficient (Wildman–Crippen LogP) is 2.20. The van der Waals surface area contributed by atoms with Gasteiger partial charge in [-0.25, -0.2) is 4.98 Å². The number of rotatable bonds is 7. The van der Waals surface area contributed by atoms with E-state index in [2.05, 4.69) is 22.5 Å². The zero-order valence-electron chi connectivity index (χ0n) is 12.2. The average molecular weight is 277 g/mol. The summed E-state index contributed by atoms with van der Waals surface area (Å²) in [6, 6.07) is 3.63. The quantitative estimate of drug-likeness (QED) is 0.802. The van der Waals surface area contributed by atoms with Crippen molar-refractivity contribution in [2.45, 2.75) is 38.2 Å². The summed E-state index contributed by atoms with van der Waals surface area (Å²) in [6.07, 6.45) is 5.85. The molecule has 2 rings (SSSR count). The summed E-state index contributed by atoms with van der Waals surface area (Å²) in [5.74, 6) is 0.707. The molecule has 0 aliphatic heterocycles. The highest BCUT2D eigenvalue weighted by Gasteiger charge is 2.37. The minimum absolute atomic E-state index is 0.0946. The van der Waals surface area contributed by atoms with Gasteiger partial charge in [0.15, 0.2) is 0 Å². The third-order valence-electron chi connectivity index (χ3n) is 3.85. The molecule has 2 N–H and O–H groups in total. The first-order chi connectivity index (χ1) is 9.69. The predicted molar refractivity (Wildman–Crippen MR) is 78.9 cm³/mol. The molecule has 1 fully saturated rings. The fraction of sp³-hybridized carbons (Fsp3) is 0.600. The number of hydrogen-bond acceptors (Lipinski definition) is 4. The highest BCUT2D eigenvalue weighted by Crippen LogP contribution is 2.34. The van der Waals surface area contributed by atoms with Crippen LogP contribution in [0.15, 0.2) is 18.3 Å². The van der Waals surface area contributed by atoms with Gasteiger partial charge in [-0.2, -0.15) is 0 Å². The van der Waals surface area contributed by atoms with Gasteiger partial charge in [-0.15, -0.1) is 0 Å². The van der Waals surface area contributed by atoms with Gasteiger partial charge in [0.25, 0.3) is 5.91 Å². The molecule has 1 heterocycles. The molecule has 0 bridgehead atoms. The summed E-state index contributed by atoms with van der Waals surface area (Å²) < 4.78 is 5.48. The summed E-state index contributed by atoms with van der Waals surface area (Å²) in [5, 5.41) is 6.11. The van der Waals surface area contributed by atoms with Crippen LogP contribution >= 0.6 is 0 Å². The summed E-state index contributed by atoms with van der Waals surface area (Å²) >= 11 is 0. The number of nitrogens with one attached hydrogen (secondary N) is 2. The van der Waals surface area contributed by atoms with Gasteiger partial charge in [0.2, 0.25) is 0 Å². The van der Waals surface area contributed by atoms with Gasteiger partial charge in [0.1, 0.15) is 5.82 Å². The van der Waals surface area contributed by atoms with E-state index in [1.165, 1.54) is 6.42 Å². The largest absolute Gasteiger partial charge is 0.376 e. The molecule has 1 aromatic rings. The molecule has 20 heavy (non-hydrogen) atoms. The van der Waals surface area contributed by atoms with Crippen LogP contribution in [0.3, 0.4) is 0 Å². The number of amides is 1. The minimum Gasteiger partial charge on any atom is -0.376 e. The lowest BCUT2D eigenvalue weighted by atomic mass is 9.80. The lowest BCUT2D eigenvalue weighted by Crippen LogP contribution is -2.49. The number of anilines is 1. The smallest absolute Gasteiger partial charge is 0.252 e. The maximum atomic E-state index is 12.0. The van der Waals surface area contributed by atoms with Crippen molar-refractivity contribution in [1.29, 1.82) is 0 Å². The van der Waals surface area contributed by atoms with E-state index in [1.807, 2.05) is 6.07 Å². The van der Waals surface area contributed by atoms with Gasteiger partial charge in [-0.3, -0.25) is 4.79 Å². The van der Waals surface area contributed by atoms with Gasteiger partial charge in [0, 0.05) is 26.4 Å². The average Bonchev–Trinajstić information content (AvgIpc) is 2.45.